The van der Waals surface area contributed by atoms with Gasteiger partial charge >= 0.3 is 7.12 Å². The number of fused-ring (bicyclic) bond motifs is 2. The highest BCUT2D eigenvalue weighted by molar-refractivity contribution is 6.62. The SMILES string of the molecule is NCC(C(=O)Cc1ccc2cnccc2c1)c1ccc2c(c1)C=NOB2O. The summed E-state index contributed by atoms with van der Waals surface area (Å²) in [5.74, 6) is -0.368. The number of oxime groups is 1. The maximum atomic E-state index is 12.9. The maximum Gasteiger partial charge on any atom is 0.583 e. The molecule has 0 saturated heterocycles. The summed E-state index contributed by atoms with van der Waals surface area (Å²) in [7, 11) is -1.09. The molecule has 2 aromatic carbocycles. The fourth-order valence-corrected chi connectivity index (χ4v) is 3.37. The number of aromatic nitrogens is 1. The van der Waals surface area contributed by atoms with Gasteiger partial charge in [-0.3, -0.25) is 9.78 Å². The van der Waals surface area contributed by atoms with E-state index in [1.165, 1.54) is 6.21 Å². The summed E-state index contributed by atoms with van der Waals surface area (Å²) in [6.45, 7) is 0.214. The molecule has 0 aliphatic carbocycles. The van der Waals surface area contributed by atoms with Crippen molar-refractivity contribution in [2.24, 2.45) is 10.9 Å². The first-order valence-corrected chi connectivity index (χ1v) is 8.72. The zero-order valence-corrected chi connectivity index (χ0v) is 14.6. The van der Waals surface area contributed by atoms with Gasteiger partial charge in [0.25, 0.3) is 0 Å². The van der Waals surface area contributed by atoms with Crippen molar-refractivity contribution in [2.75, 3.05) is 6.54 Å². The monoisotopic (exact) mass is 359 g/mol. The number of rotatable bonds is 5. The lowest BCUT2D eigenvalue weighted by molar-refractivity contribution is -0.119. The van der Waals surface area contributed by atoms with E-state index in [1.807, 2.05) is 36.4 Å². The van der Waals surface area contributed by atoms with E-state index in [-0.39, 0.29) is 12.3 Å². The summed E-state index contributed by atoms with van der Waals surface area (Å²) in [5, 5.41) is 15.6. The summed E-state index contributed by atoms with van der Waals surface area (Å²) in [6.07, 6.45) is 5.37. The number of carbonyl (C=O) groups is 1. The molecule has 134 valence electrons. The maximum absolute atomic E-state index is 12.9. The van der Waals surface area contributed by atoms with Crippen LogP contribution in [0.2, 0.25) is 0 Å². The Morgan fingerprint density at radius 3 is 2.93 bits per heavy atom. The van der Waals surface area contributed by atoms with E-state index in [4.69, 9.17) is 10.5 Å². The van der Waals surface area contributed by atoms with Crippen LogP contribution in [0.25, 0.3) is 10.8 Å². The molecule has 0 spiro atoms. The lowest BCUT2D eigenvalue weighted by Gasteiger charge is -2.18. The molecule has 1 atom stereocenters. The Kier molecular flexibility index (Phi) is 4.70. The van der Waals surface area contributed by atoms with Crippen molar-refractivity contribution < 1.29 is 14.6 Å². The lowest BCUT2D eigenvalue weighted by Crippen LogP contribution is -2.38. The molecular weight excluding hydrogens is 341 g/mol. The van der Waals surface area contributed by atoms with Gasteiger partial charge in [0.15, 0.2) is 0 Å². The van der Waals surface area contributed by atoms with Crippen LogP contribution >= 0.6 is 0 Å². The minimum absolute atomic E-state index is 0.0513. The van der Waals surface area contributed by atoms with Gasteiger partial charge in [-0.25, -0.2) is 0 Å². The van der Waals surface area contributed by atoms with E-state index in [9.17, 15) is 9.82 Å². The van der Waals surface area contributed by atoms with E-state index >= 15 is 0 Å². The van der Waals surface area contributed by atoms with E-state index in [2.05, 4.69) is 10.1 Å². The van der Waals surface area contributed by atoms with Gasteiger partial charge in [0, 0.05) is 36.2 Å². The van der Waals surface area contributed by atoms with Crippen LogP contribution in [-0.4, -0.2) is 35.7 Å². The largest absolute Gasteiger partial charge is 0.583 e. The third-order valence-corrected chi connectivity index (χ3v) is 4.84. The Morgan fingerprint density at radius 1 is 1.19 bits per heavy atom. The predicted octanol–water partition coefficient (Wildman–Crippen LogP) is 1.14. The normalized spacial score (nSPS) is 13.9. The van der Waals surface area contributed by atoms with Crippen molar-refractivity contribution in [2.45, 2.75) is 12.3 Å². The Balaban J connectivity index is 1.58. The van der Waals surface area contributed by atoms with Crippen molar-refractivity contribution >= 4 is 35.4 Å². The number of hydrogen-bond donors (Lipinski definition) is 2. The van der Waals surface area contributed by atoms with Gasteiger partial charge in [-0.2, -0.15) is 0 Å². The Bertz CT molecular complexity index is 1040. The molecule has 0 amide bonds. The van der Waals surface area contributed by atoms with Crippen LogP contribution in [0.1, 0.15) is 22.6 Å². The van der Waals surface area contributed by atoms with Crippen LogP contribution in [0.5, 0.6) is 0 Å². The fourth-order valence-electron chi connectivity index (χ4n) is 3.37. The minimum atomic E-state index is -1.09. The molecule has 1 aliphatic heterocycles. The first kappa shape index (κ1) is 17.4. The quantitative estimate of drug-likeness (QED) is 0.666. The number of Topliss-reactive ketones (excluding diaryl/α,β-unsaturated/α-hetero) is 1. The van der Waals surface area contributed by atoms with Gasteiger partial charge in [-0.15, -0.1) is 5.16 Å². The Hall–Kier alpha value is -3.03. The van der Waals surface area contributed by atoms with Crippen LogP contribution in [0.3, 0.4) is 0 Å². The molecule has 0 bridgehead atoms. The lowest BCUT2D eigenvalue weighted by atomic mass is 9.75. The number of nitrogens with two attached hydrogens (primary N) is 1. The molecule has 1 aliphatic rings. The van der Waals surface area contributed by atoms with Crippen molar-refractivity contribution in [3.05, 3.63) is 71.5 Å². The van der Waals surface area contributed by atoms with Crippen LogP contribution in [-0.2, 0) is 16.0 Å². The number of nitrogens with zero attached hydrogens (tertiary/aromatic N) is 2. The second-order valence-electron chi connectivity index (χ2n) is 6.57. The van der Waals surface area contributed by atoms with Crippen molar-refractivity contribution in [1.29, 1.82) is 0 Å². The van der Waals surface area contributed by atoms with Gasteiger partial charge in [-0.05, 0) is 34.2 Å². The minimum Gasteiger partial charge on any atom is -0.427 e. The fraction of sp³-hybridized carbons (Fsp3) is 0.150. The summed E-state index contributed by atoms with van der Waals surface area (Å²) in [4.78, 5) is 17.0. The van der Waals surface area contributed by atoms with Crippen LogP contribution in [0.15, 0.2) is 60.0 Å². The molecule has 7 heteroatoms. The molecule has 1 aromatic heterocycles. The zero-order chi connectivity index (χ0) is 18.8. The third-order valence-electron chi connectivity index (χ3n) is 4.84. The summed E-state index contributed by atoms with van der Waals surface area (Å²) < 4.78 is 4.82. The van der Waals surface area contributed by atoms with E-state index in [0.29, 0.717) is 11.9 Å². The summed E-state index contributed by atoms with van der Waals surface area (Å²) in [5.41, 5.74) is 9.03. The van der Waals surface area contributed by atoms with Gasteiger partial charge < -0.3 is 15.5 Å². The molecule has 0 fully saturated rings. The molecule has 0 saturated carbocycles. The molecule has 6 nitrogen and oxygen atoms in total. The number of carbonyl (C=O) groups excluding carboxylic acids is 1. The zero-order valence-electron chi connectivity index (χ0n) is 14.6. The average Bonchev–Trinajstić information content (AvgIpc) is 2.68. The molecule has 1 unspecified atom stereocenters. The summed E-state index contributed by atoms with van der Waals surface area (Å²) >= 11 is 0. The standard InChI is InChI=1S/C20H18BN3O3/c22-10-18(15-3-4-19-17(9-15)12-24-27-21(19)26)20(25)8-13-1-2-16-11-23-6-5-14(16)7-13/h1-7,9,11-12,18,26H,8,10,22H2. The van der Waals surface area contributed by atoms with Crippen LogP contribution < -0.4 is 11.2 Å². The van der Waals surface area contributed by atoms with E-state index in [1.54, 1.807) is 18.5 Å². The molecule has 0 radical (unpaired) electrons. The molecule has 2 heterocycles. The summed E-state index contributed by atoms with van der Waals surface area (Å²) in [6, 6.07) is 13.3. The molecular formula is C20H18BN3O3. The van der Waals surface area contributed by atoms with E-state index < -0.39 is 13.0 Å². The van der Waals surface area contributed by atoms with Crippen molar-refractivity contribution in [3.63, 3.8) is 0 Å². The predicted molar refractivity (Wildman–Crippen MR) is 105 cm³/mol. The van der Waals surface area contributed by atoms with Crippen molar-refractivity contribution in [1.82, 2.24) is 4.98 Å². The number of benzene rings is 2. The Morgan fingerprint density at radius 2 is 2.07 bits per heavy atom. The van der Waals surface area contributed by atoms with Gasteiger partial charge in [0.05, 0.1) is 12.1 Å². The second-order valence-corrected chi connectivity index (χ2v) is 6.57. The van der Waals surface area contributed by atoms with Crippen molar-refractivity contribution in [3.8, 4) is 0 Å². The van der Waals surface area contributed by atoms with Crippen LogP contribution in [0.4, 0.5) is 0 Å². The highest BCUT2D eigenvalue weighted by Crippen LogP contribution is 2.21. The Labute approximate surface area is 156 Å². The molecule has 3 aromatic rings. The van der Waals surface area contributed by atoms with Gasteiger partial charge in [0.1, 0.15) is 5.78 Å². The number of ketones is 1. The molecule has 3 N–H and O–H groups in total. The molecule has 27 heavy (non-hydrogen) atoms. The average molecular weight is 359 g/mol. The first-order valence-electron chi connectivity index (χ1n) is 8.72. The second kappa shape index (κ2) is 7.30. The highest BCUT2D eigenvalue weighted by atomic mass is 16.6. The van der Waals surface area contributed by atoms with Gasteiger partial charge in [-0.1, -0.05) is 30.3 Å². The number of hydrogen-bond acceptors (Lipinski definition) is 6. The number of pyridine rings is 1. The molecule has 4 rings (SSSR count). The smallest absolute Gasteiger partial charge is 0.427 e. The van der Waals surface area contributed by atoms with Crippen LogP contribution in [0, 0.1) is 0 Å². The van der Waals surface area contributed by atoms with E-state index in [0.717, 1.165) is 27.5 Å². The topological polar surface area (TPSA) is 97.8 Å². The van der Waals surface area contributed by atoms with Gasteiger partial charge in [0.2, 0.25) is 0 Å². The highest BCUT2D eigenvalue weighted by Gasteiger charge is 2.27. The first-order chi connectivity index (χ1) is 13.2. The third kappa shape index (κ3) is 3.47.